The van der Waals surface area contributed by atoms with Crippen LogP contribution in [0.1, 0.15) is 40.5 Å². The van der Waals surface area contributed by atoms with Crippen LogP contribution in [-0.4, -0.2) is 42.6 Å². The van der Waals surface area contributed by atoms with Crippen LogP contribution in [0.5, 0.6) is 0 Å². The summed E-state index contributed by atoms with van der Waals surface area (Å²) in [6.45, 7) is 9.90. The van der Waals surface area contributed by atoms with E-state index in [4.69, 9.17) is 5.73 Å². The van der Waals surface area contributed by atoms with Gasteiger partial charge in [0, 0.05) is 24.4 Å². The summed E-state index contributed by atoms with van der Waals surface area (Å²) in [6.07, 6.45) is 4.56. The Morgan fingerprint density at radius 1 is 1.25 bits per heavy atom. The van der Waals surface area contributed by atoms with E-state index in [1.807, 2.05) is 11.8 Å². The monoisotopic (exact) mass is 246 g/mol. The van der Waals surface area contributed by atoms with E-state index in [1.54, 1.807) is 0 Å². The van der Waals surface area contributed by atoms with Crippen molar-refractivity contribution in [2.24, 2.45) is 11.1 Å². The first-order chi connectivity index (χ1) is 7.35. The van der Waals surface area contributed by atoms with Crippen LogP contribution in [0.2, 0.25) is 0 Å². The van der Waals surface area contributed by atoms with Crippen molar-refractivity contribution >= 4 is 11.8 Å². The molecule has 16 heavy (non-hydrogen) atoms. The molecule has 2 atom stereocenters. The molecule has 3 heteroatoms. The second-order valence-corrected chi connectivity index (χ2v) is 6.75. The van der Waals surface area contributed by atoms with E-state index in [1.165, 1.54) is 18.6 Å². The van der Waals surface area contributed by atoms with Gasteiger partial charge in [-0.1, -0.05) is 27.7 Å². The minimum absolute atomic E-state index is 0.357. The van der Waals surface area contributed by atoms with Gasteiger partial charge in [0.05, 0.1) is 0 Å². The maximum absolute atomic E-state index is 5.92. The fraction of sp³-hybridized carbons (Fsp3) is 1.00. The van der Waals surface area contributed by atoms with E-state index in [0.29, 0.717) is 17.5 Å². The van der Waals surface area contributed by atoms with Crippen LogP contribution in [-0.2, 0) is 0 Å². The Morgan fingerprint density at radius 3 is 2.12 bits per heavy atom. The number of hydrogen-bond acceptors (Lipinski definition) is 3. The molecule has 0 aliphatic rings. The molecule has 98 valence electrons. The first-order valence-corrected chi connectivity index (χ1v) is 7.66. The van der Waals surface area contributed by atoms with Gasteiger partial charge in [0.15, 0.2) is 0 Å². The van der Waals surface area contributed by atoms with Crippen molar-refractivity contribution in [1.82, 2.24) is 4.90 Å². The molecule has 2 nitrogen and oxygen atoms in total. The van der Waals surface area contributed by atoms with Crippen LogP contribution in [0.15, 0.2) is 0 Å². The van der Waals surface area contributed by atoms with Gasteiger partial charge in [-0.25, -0.2) is 0 Å². The lowest BCUT2D eigenvalue weighted by Crippen LogP contribution is -2.46. The number of nitrogens with zero attached hydrogens (tertiary/aromatic N) is 1. The van der Waals surface area contributed by atoms with Gasteiger partial charge < -0.3 is 5.73 Å². The molecular formula is C13H30N2S. The average Bonchev–Trinajstić information content (AvgIpc) is 2.20. The highest BCUT2D eigenvalue weighted by Crippen LogP contribution is 2.24. The summed E-state index contributed by atoms with van der Waals surface area (Å²) in [5.41, 5.74) is 6.28. The van der Waals surface area contributed by atoms with E-state index in [-0.39, 0.29) is 0 Å². The zero-order valence-electron chi connectivity index (χ0n) is 11.9. The summed E-state index contributed by atoms with van der Waals surface area (Å²) in [5.74, 6) is 1.20. The van der Waals surface area contributed by atoms with Crippen LogP contribution in [0.4, 0.5) is 0 Å². The van der Waals surface area contributed by atoms with Gasteiger partial charge in [-0.05, 0) is 31.6 Å². The number of rotatable bonds is 7. The van der Waals surface area contributed by atoms with Gasteiger partial charge in [0.2, 0.25) is 0 Å². The van der Waals surface area contributed by atoms with Crippen molar-refractivity contribution in [2.45, 2.75) is 52.6 Å². The first-order valence-electron chi connectivity index (χ1n) is 6.26. The Hall–Kier alpha value is 0.270. The van der Waals surface area contributed by atoms with Crippen LogP contribution in [0.3, 0.4) is 0 Å². The molecular weight excluding hydrogens is 216 g/mol. The SMILES string of the molecule is CCC(CSC)N(C)C(CN)CC(C)(C)C. The Labute approximate surface area is 106 Å². The summed E-state index contributed by atoms with van der Waals surface area (Å²) in [7, 11) is 2.23. The Kier molecular flexibility index (Phi) is 7.70. The molecule has 0 radical (unpaired) electrons. The lowest BCUT2D eigenvalue weighted by atomic mass is 9.87. The van der Waals surface area contributed by atoms with Crippen LogP contribution in [0.25, 0.3) is 0 Å². The molecule has 0 heterocycles. The fourth-order valence-corrected chi connectivity index (χ4v) is 2.97. The molecule has 0 bridgehead atoms. The number of nitrogens with two attached hydrogens (primary N) is 1. The molecule has 0 fully saturated rings. The third-order valence-corrected chi connectivity index (χ3v) is 3.82. The smallest absolute Gasteiger partial charge is 0.0223 e. The standard InChI is InChI=1S/C13H30N2S/c1-7-11(10-16-6)15(5)12(9-14)8-13(2,3)4/h11-12H,7-10,14H2,1-6H3. The fourth-order valence-electron chi connectivity index (χ4n) is 2.11. The topological polar surface area (TPSA) is 29.3 Å². The molecule has 0 aromatic heterocycles. The number of likely N-dealkylation sites (N-methyl/N-ethyl adjacent to an activating group) is 1. The highest BCUT2D eigenvalue weighted by molar-refractivity contribution is 7.98. The second kappa shape index (κ2) is 7.57. The lowest BCUT2D eigenvalue weighted by Gasteiger charge is -2.37. The first kappa shape index (κ1) is 16.3. The summed E-state index contributed by atoms with van der Waals surface area (Å²) in [6, 6.07) is 1.17. The maximum atomic E-state index is 5.92. The Bertz CT molecular complexity index is 177. The average molecular weight is 246 g/mol. The Balaban J connectivity index is 4.43. The van der Waals surface area contributed by atoms with E-state index >= 15 is 0 Å². The van der Waals surface area contributed by atoms with Crippen molar-refractivity contribution in [1.29, 1.82) is 0 Å². The highest BCUT2D eigenvalue weighted by Gasteiger charge is 2.24. The van der Waals surface area contributed by atoms with Crippen molar-refractivity contribution in [2.75, 3.05) is 25.6 Å². The van der Waals surface area contributed by atoms with Gasteiger partial charge in [0.25, 0.3) is 0 Å². The molecule has 0 aromatic rings. The normalized spacial score (nSPS) is 16.5. The summed E-state index contributed by atoms with van der Waals surface area (Å²) >= 11 is 1.93. The van der Waals surface area contributed by atoms with Gasteiger partial charge in [-0.3, -0.25) is 4.90 Å². The van der Waals surface area contributed by atoms with Gasteiger partial charge in [0.1, 0.15) is 0 Å². The second-order valence-electron chi connectivity index (χ2n) is 5.84. The molecule has 0 saturated carbocycles. The van der Waals surface area contributed by atoms with E-state index in [2.05, 4.69) is 45.9 Å². The third kappa shape index (κ3) is 6.12. The molecule has 0 rings (SSSR count). The molecule has 0 aromatic carbocycles. The largest absolute Gasteiger partial charge is 0.329 e. The van der Waals surface area contributed by atoms with Crippen molar-refractivity contribution in [3.63, 3.8) is 0 Å². The van der Waals surface area contributed by atoms with Gasteiger partial charge in [-0.2, -0.15) is 11.8 Å². The molecule has 2 N–H and O–H groups in total. The predicted octanol–water partition coefficient (Wildman–Crippen LogP) is 2.82. The quantitative estimate of drug-likeness (QED) is 0.749. The summed E-state index contributed by atoms with van der Waals surface area (Å²) in [4.78, 5) is 2.49. The summed E-state index contributed by atoms with van der Waals surface area (Å²) < 4.78 is 0. The third-order valence-electron chi connectivity index (χ3n) is 3.10. The van der Waals surface area contributed by atoms with Crippen LogP contribution < -0.4 is 5.73 Å². The predicted molar refractivity (Wildman–Crippen MR) is 77.1 cm³/mol. The zero-order chi connectivity index (χ0) is 12.8. The van der Waals surface area contributed by atoms with Crippen molar-refractivity contribution in [3.05, 3.63) is 0 Å². The van der Waals surface area contributed by atoms with Crippen LogP contribution >= 0.6 is 11.8 Å². The molecule has 0 amide bonds. The van der Waals surface area contributed by atoms with Crippen molar-refractivity contribution < 1.29 is 0 Å². The molecule has 0 aliphatic carbocycles. The van der Waals surface area contributed by atoms with E-state index < -0.39 is 0 Å². The van der Waals surface area contributed by atoms with Gasteiger partial charge in [-0.15, -0.1) is 0 Å². The van der Waals surface area contributed by atoms with Crippen molar-refractivity contribution in [3.8, 4) is 0 Å². The highest BCUT2D eigenvalue weighted by atomic mass is 32.2. The number of hydrogen-bond donors (Lipinski definition) is 1. The van der Waals surface area contributed by atoms with Gasteiger partial charge >= 0.3 is 0 Å². The summed E-state index contributed by atoms with van der Waals surface area (Å²) in [5, 5.41) is 0. The molecule has 2 unspecified atom stereocenters. The maximum Gasteiger partial charge on any atom is 0.0223 e. The van der Waals surface area contributed by atoms with E-state index in [9.17, 15) is 0 Å². The number of thioether (sulfide) groups is 1. The zero-order valence-corrected chi connectivity index (χ0v) is 12.7. The minimum Gasteiger partial charge on any atom is -0.329 e. The lowest BCUT2D eigenvalue weighted by molar-refractivity contribution is 0.143. The minimum atomic E-state index is 0.357. The van der Waals surface area contributed by atoms with E-state index in [0.717, 1.165) is 6.54 Å². The molecule has 0 aliphatic heterocycles. The Morgan fingerprint density at radius 2 is 1.81 bits per heavy atom. The van der Waals surface area contributed by atoms with Crippen LogP contribution in [0, 0.1) is 5.41 Å². The molecule has 0 saturated heterocycles. The molecule has 0 spiro atoms.